The summed E-state index contributed by atoms with van der Waals surface area (Å²) in [4.78, 5) is 10.8. The number of aliphatic imine (C=N–C) groups is 1. The van der Waals surface area contributed by atoms with Gasteiger partial charge < -0.3 is 10.2 Å². The molecule has 1 saturated heterocycles. The minimum atomic E-state index is -3.04. The average molecular weight is 458 g/mol. The maximum absolute atomic E-state index is 12.1. The summed E-state index contributed by atoms with van der Waals surface area (Å²) in [6.45, 7) is 7.76. The SMILES string of the molecule is CCNC(=NCc1nccs1)N1CCS(=O)(=O)C(C)(C)C1.I. The Morgan fingerprint density at radius 3 is 2.82 bits per heavy atom. The summed E-state index contributed by atoms with van der Waals surface area (Å²) in [5, 5.41) is 6.12. The van der Waals surface area contributed by atoms with Gasteiger partial charge in [0.25, 0.3) is 0 Å². The Bertz CT molecular complexity index is 600. The lowest BCUT2D eigenvalue weighted by Gasteiger charge is -2.39. The molecule has 9 heteroatoms. The first kappa shape index (κ1) is 19.6. The van der Waals surface area contributed by atoms with Crippen LogP contribution in [-0.2, 0) is 16.4 Å². The lowest BCUT2D eigenvalue weighted by molar-refractivity contribution is 0.353. The number of rotatable bonds is 3. The average Bonchev–Trinajstić information content (AvgIpc) is 2.91. The van der Waals surface area contributed by atoms with Crippen LogP contribution in [0.5, 0.6) is 0 Å². The van der Waals surface area contributed by atoms with Gasteiger partial charge in [-0.1, -0.05) is 0 Å². The van der Waals surface area contributed by atoms with Crippen LogP contribution in [0.3, 0.4) is 0 Å². The van der Waals surface area contributed by atoms with Crippen molar-refractivity contribution in [3.05, 3.63) is 16.6 Å². The Hall–Kier alpha value is -0.420. The van der Waals surface area contributed by atoms with E-state index in [-0.39, 0.29) is 29.7 Å². The molecule has 0 saturated carbocycles. The van der Waals surface area contributed by atoms with Crippen molar-refractivity contribution >= 4 is 51.1 Å². The van der Waals surface area contributed by atoms with Gasteiger partial charge >= 0.3 is 0 Å². The molecule has 126 valence electrons. The number of sulfone groups is 1. The summed E-state index contributed by atoms with van der Waals surface area (Å²) < 4.78 is 23.4. The van der Waals surface area contributed by atoms with Crippen LogP contribution >= 0.6 is 35.3 Å². The second kappa shape index (κ2) is 7.91. The van der Waals surface area contributed by atoms with Gasteiger partial charge in [-0.25, -0.2) is 18.4 Å². The van der Waals surface area contributed by atoms with Crippen LogP contribution in [0.2, 0.25) is 0 Å². The van der Waals surface area contributed by atoms with Gasteiger partial charge in [0.1, 0.15) is 5.01 Å². The molecule has 1 aromatic rings. The second-order valence-electron chi connectivity index (χ2n) is 5.60. The predicted molar refractivity (Wildman–Crippen MR) is 102 cm³/mol. The van der Waals surface area contributed by atoms with E-state index in [2.05, 4.69) is 15.3 Å². The van der Waals surface area contributed by atoms with Crippen LogP contribution in [0, 0.1) is 0 Å². The molecule has 0 amide bonds. The van der Waals surface area contributed by atoms with Crippen molar-refractivity contribution in [3.8, 4) is 0 Å². The molecule has 1 aliphatic heterocycles. The topological polar surface area (TPSA) is 74.7 Å². The number of halogens is 1. The standard InChI is InChI=1S/C13H22N4O2S2.HI/c1-4-14-12(16-9-11-15-5-7-20-11)17-6-8-21(18,19)13(2,3)10-17;/h5,7H,4,6,8-10H2,1-3H3,(H,14,16);1H. The minimum absolute atomic E-state index is 0. The van der Waals surface area contributed by atoms with E-state index in [4.69, 9.17) is 0 Å². The first-order chi connectivity index (χ1) is 9.86. The van der Waals surface area contributed by atoms with Crippen LogP contribution in [-0.4, -0.2) is 54.4 Å². The molecule has 0 radical (unpaired) electrons. The molecule has 0 spiro atoms. The van der Waals surface area contributed by atoms with E-state index in [0.717, 1.165) is 17.5 Å². The highest BCUT2D eigenvalue weighted by Gasteiger charge is 2.40. The molecule has 0 aromatic carbocycles. The van der Waals surface area contributed by atoms with E-state index < -0.39 is 14.6 Å². The van der Waals surface area contributed by atoms with E-state index in [1.54, 1.807) is 31.4 Å². The van der Waals surface area contributed by atoms with E-state index in [9.17, 15) is 8.42 Å². The van der Waals surface area contributed by atoms with Gasteiger partial charge in [-0.3, -0.25) is 0 Å². The summed E-state index contributed by atoms with van der Waals surface area (Å²) in [6, 6.07) is 0. The fourth-order valence-electron chi connectivity index (χ4n) is 2.22. The molecular formula is C13H23IN4O2S2. The minimum Gasteiger partial charge on any atom is -0.357 e. The third-order valence-corrected chi connectivity index (χ3v) is 6.82. The zero-order valence-electron chi connectivity index (χ0n) is 13.1. The Morgan fingerprint density at radius 2 is 2.27 bits per heavy atom. The number of nitrogens with one attached hydrogen (secondary N) is 1. The van der Waals surface area contributed by atoms with Crippen LogP contribution in [0.25, 0.3) is 0 Å². The fraction of sp³-hybridized carbons (Fsp3) is 0.692. The molecule has 0 atom stereocenters. The van der Waals surface area contributed by atoms with Crippen LogP contribution in [0.1, 0.15) is 25.8 Å². The van der Waals surface area contributed by atoms with Crippen molar-refractivity contribution in [2.75, 3.05) is 25.4 Å². The highest BCUT2D eigenvalue weighted by atomic mass is 127. The van der Waals surface area contributed by atoms with Gasteiger partial charge in [0.15, 0.2) is 15.8 Å². The third-order valence-electron chi connectivity index (χ3n) is 3.53. The summed E-state index contributed by atoms with van der Waals surface area (Å²) in [7, 11) is -3.04. The Balaban J connectivity index is 0.00000242. The Labute approximate surface area is 153 Å². The maximum Gasteiger partial charge on any atom is 0.194 e. The number of thiazole rings is 1. The number of hydrogen-bond donors (Lipinski definition) is 1. The molecule has 1 N–H and O–H groups in total. The van der Waals surface area contributed by atoms with Gasteiger partial charge in [-0.2, -0.15) is 0 Å². The third kappa shape index (κ3) is 4.54. The van der Waals surface area contributed by atoms with Crippen molar-refractivity contribution < 1.29 is 8.42 Å². The lowest BCUT2D eigenvalue weighted by atomic mass is 10.2. The number of guanidine groups is 1. The number of hydrogen-bond acceptors (Lipinski definition) is 5. The zero-order chi connectivity index (χ0) is 15.5. The Morgan fingerprint density at radius 1 is 1.55 bits per heavy atom. The van der Waals surface area contributed by atoms with Gasteiger partial charge in [0, 0.05) is 31.2 Å². The Kier molecular flexibility index (Phi) is 7.06. The summed E-state index contributed by atoms with van der Waals surface area (Å²) in [5.74, 6) is 0.928. The maximum atomic E-state index is 12.1. The van der Waals surface area contributed by atoms with Gasteiger partial charge in [0.2, 0.25) is 0 Å². The van der Waals surface area contributed by atoms with Crippen molar-refractivity contribution in [1.82, 2.24) is 15.2 Å². The molecule has 0 aliphatic carbocycles. The van der Waals surface area contributed by atoms with Crippen molar-refractivity contribution in [3.63, 3.8) is 0 Å². The fourth-order valence-corrected chi connectivity index (χ4v) is 4.13. The van der Waals surface area contributed by atoms with E-state index in [1.807, 2.05) is 17.2 Å². The number of nitrogens with zero attached hydrogens (tertiary/aromatic N) is 3. The molecule has 0 bridgehead atoms. The molecule has 6 nitrogen and oxygen atoms in total. The summed E-state index contributed by atoms with van der Waals surface area (Å²) in [5.41, 5.74) is 0. The summed E-state index contributed by atoms with van der Waals surface area (Å²) in [6.07, 6.45) is 1.76. The predicted octanol–water partition coefficient (Wildman–Crippen LogP) is 1.74. The second-order valence-corrected chi connectivity index (χ2v) is 9.32. The summed E-state index contributed by atoms with van der Waals surface area (Å²) >= 11 is 1.57. The molecule has 2 heterocycles. The van der Waals surface area contributed by atoms with Crippen molar-refractivity contribution in [2.45, 2.75) is 32.1 Å². The largest absolute Gasteiger partial charge is 0.357 e. The molecular weight excluding hydrogens is 435 g/mol. The van der Waals surface area contributed by atoms with Crippen LogP contribution in [0.15, 0.2) is 16.6 Å². The smallest absolute Gasteiger partial charge is 0.194 e. The highest BCUT2D eigenvalue weighted by molar-refractivity contribution is 14.0. The van der Waals surface area contributed by atoms with Crippen molar-refractivity contribution in [1.29, 1.82) is 0 Å². The van der Waals surface area contributed by atoms with Crippen LogP contribution in [0.4, 0.5) is 0 Å². The van der Waals surface area contributed by atoms with Crippen LogP contribution < -0.4 is 5.32 Å². The van der Waals surface area contributed by atoms with Crippen molar-refractivity contribution in [2.24, 2.45) is 4.99 Å². The highest BCUT2D eigenvalue weighted by Crippen LogP contribution is 2.23. The van der Waals surface area contributed by atoms with E-state index in [1.165, 1.54) is 0 Å². The first-order valence-corrected chi connectivity index (χ1v) is 9.53. The quantitative estimate of drug-likeness (QED) is 0.425. The zero-order valence-corrected chi connectivity index (χ0v) is 17.0. The molecule has 0 unspecified atom stereocenters. The van der Waals surface area contributed by atoms with Gasteiger partial charge in [-0.05, 0) is 20.8 Å². The molecule has 1 aliphatic rings. The first-order valence-electron chi connectivity index (χ1n) is 6.99. The molecule has 2 rings (SSSR count). The van der Waals surface area contributed by atoms with E-state index in [0.29, 0.717) is 19.6 Å². The number of aromatic nitrogens is 1. The normalized spacial score (nSPS) is 20.3. The molecule has 1 aromatic heterocycles. The van der Waals surface area contributed by atoms with E-state index >= 15 is 0 Å². The molecule has 22 heavy (non-hydrogen) atoms. The van der Waals surface area contributed by atoms with Gasteiger partial charge in [-0.15, -0.1) is 35.3 Å². The molecule has 1 fully saturated rings. The monoisotopic (exact) mass is 458 g/mol. The van der Waals surface area contributed by atoms with Gasteiger partial charge in [0.05, 0.1) is 17.0 Å². The lowest BCUT2D eigenvalue weighted by Crippen LogP contribution is -2.57.